The number of primary amides is 1. The Hall–Kier alpha value is -2.55. The number of nitrogens with zero attached hydrogens (tertiary/aromatic N) is 2. The lowest BCUT2D eigenvalue weighted by atomic mass is 9.79. The van der Waals surface area contributed by atoms with Crippen molar-refractivity contribution < 1.29 is 19.4 Å². The first kappa shape index (κ1) is 24.6. The van der Waals surface area contributed by atoms with Crippen LogP contribution in [0.2, 0.25) is 0 Å². The summed E-state index contributed by atoms with van der Waals surface area (Å²) in [5.74, 6) is 2.41. The first-order chi connectivity index (χ1) is 16.0. The van der Waals surface area contributed by atoms with Crippen LogP contribution in [0.1, 0.15) is 70.2 Å². The Morgan fingerprint density at radius 3 is 2.71 bits per heavy atom. The van der Waals surface area contributed by atoms with Gasteiger partial charge in [-0.05, 0) is 81.6 Å². The van der Waals surface area contributed by atoms with Crippen LogP contribution in [0, 0.1) is 29.6 Å². The van der Waals surface area contributed by atoms with Gasteiger partial charge in [0.15, 0.2) is 0 Å². The molecule has 9 nitrogen and oxygen atoms in total. The Bertz CT molecular complexity index is 940. The van der Waals surface area contributed by atoms with Crippen LogP contribution >= 0.6 is 0 Å². The first-order valence-corrected chi connectivity index (χ1v) is 12.5. The molecule has 6 atom stereocenters. The van der Waals surface area contributed by atoms with Gasteiger partial charge in [0.25, 0.3) is 5.91 Å². The van der Waals surface area contributed by atoms with Gasteiger partial charge in [-0.3, -0.25) is 4.79 Å². The molecule has 4 unspecified atom stereocenters. The van der Waals surface area contributed by atoms with E-state index in [1.165, 1.54) is 17.3 Å². The van der Waals surface area contributed by atoms with Gasteiger partial charge in [0.1, 0.15) is 5.56 Å². The summed E-state index contributed by atoms with van der Waals surface area (Å²) in [7, 11) is 0. The highest BCUT2D eigenvalue weighted by atomic mass is 16.5. The smallest absolute Gasteiger partial charge is 0.312 e. The van der Waals surface area contributed by atoms with E-state index in [2.05, 4.69) is 15.7 Å². The lowest BCUT2D eigenvalue weighted by Crippen LogP contribution is -2.44. The van der Waals surface area contributed by atoms with Crippen LogP contribution in [0.15, 0.2) is 12.3 Å². The number of carbonyl (C=O) groups excluding carboxylic acids is 2. The molecule has 3 fully saturated rings. The molecule has 188 valence electrons. The van der Waals surface area contributed by atoms with Gasteiger partial charge in [0.2, 0.25) is 5.88 Å². The molecule has 3 aliphatic rings. The summed E-state index contributed by atoms with van der Waals surface area (Å²) in [6.45, 7) is 8.14. The van der Waals surface area contributed by atoms with Crippen molar-refractivity contribution in [2.75, 3.05) is 6.61 Å². The maximum atomic E-state index is 13.5. The van der Waals surface area contributed by atoms with E-state index < -0.39 is 11.6 Å². The molecule has 0 radical (unpaired) electrons. The highest BCUT2D eigenvalue weighted by molar-refractivity contribution is 5.96. The summed E-state index contributed by atoms with van der Waals surface area (Å²) in [5.41, 5.74) is 4.95. The van der Waals surface area contributed by atoms with E-state index in [4.69, 9.17) is 10.5 Å². The molecule has 0 aliphatic heterocycles. The zero-order valence-electron chi connectivity index (χ0n) is 20.7. The number of aromatic nitrogens is 2. The molecule has 5 N–H and O–H groups in total. The number of ether oxygens (including phenoxy) is 1. The highest BCUT2D eigenvalue weighted by Crippen LogP contribution is 2.53. The monoisotopic (exact) mass is 473 g/mol. The third-order valence-corrected chi connectivity index (χ3v) is 7.53. The zero-order valence-corrected chi connectivity index (χ0v) is 20.7. The van der Waals surface area contributed by atoms with Crippen molar-refractivity contribution in [2.24, 2.45) is 35.3 Å². The van der Waals surface area contributed by atoms with Gasteiger partial charge >= 0.3 is 6.03 Å². The van der Waals surface area contributed by atoms with Gasteiger partial charge in [0, 0.05) is 12.2 Å². The van der Waals surface area contributed by atoms with E-state index in [-0.39, 0.29) is 24.0 Å². The van der Waals surface area contributed by atoms with E-state index in [1.807, 2.05) is 27.7 Å². The average Bonchev–Trinajstić information content (AvgIpc) is 3.19. The van der Waals surface area contributed by atoms with E-state index in [0.29, 0.717) is 41.7 Å². The van der Waals surface area contributed by atoms with Crippen molar-refractivity contribution in [1.82, 2.24) is 20.4 Å². The van der Waals surface area contributed by atoms with Crippen LogP contribution < -0.4 is 21.1 Å². The Kier molecular flexibility index (Phi) is 6.94. The standard InChI is InChI=1S/C25H39N5O4/c1-14(2)13-34-23-20(12-27-30(23)6-5-25(3,4)29-24(26)33)22(32)28-21-17-8-15-7-16(10-17)19(21)11-18(31)9-15/h5-6,12,14-19,21,31H,7-11,13H2,1-4H3,(H,28,32)(H3,26,29,33)/b6-5+/t15?,16?,17?,18-,19?,21+/m0/s1. The molecule has 3 aliphatic carbocycles. The second kappa shape index (κ2) is 9.60. The topological polar surface area (TPSA) is 132 Å². The highest BCUT2D eigenvalue weighted by Gasteiger charge is 2.51. The largest absolute Gasteiger partial charge is 0.477 e. The van der Waals surface area contributed by atoms with Gasteiger partial charge in [0.05, 0.1) is 24.4 Å². The summed E-state index contributed by atoms with van der Waals surface area (Å²) in [6, 6.07) is -0.545. The summed E-state index contributed by atoms with van der Waals surface area (Å²) in [5, 5.41) is 20.8. The number of nitrogens with two attached hydrogens (primary N) is 1. The first-order valence-electron chi connectivity index (χ1n) is 12.5. The molecule has 0 spiro atoms. The molecule has 9 heteroatoms. The fourth-order valence-corrected chi connectivity index (χ4v) is 6.22. The van der Waals surface area contributed by atoms with Crippen molar-refractivity contribution in [3.05, 3.63) is 17.8 Å². The second-order valence-corrected chi connectivity index (χ2v) is 11.4. The number of aliphatic hydroxyl groups excluding tert-OH is 1. The summed E-state index contributed by atoms with van der Waals surface area (Å²) in [4.78, 5) is 24.7. The number of fused-ring (bicyclic) bond motifs is 2. The number of hydrogen-bond acceptors (Lipinski definition) is 5. The summed E-state index contributed by atoms with van der Waals surface area (Å²) >= 11 is 0. The summed E-state index contributed by atoms with van der Waals surface area (Å²) in [6.07, 6.45) is 9.74. The molecule has 3 bridgehead atoms. The maximum Gasteiger partial charge on any atom is 0.312 e. The third-order valence-electron chi connectivity index (χ3n) is 7.53. The number of urea groups is 1. The van der Waals surface area contributed by atoms with Gasteiger partial charge in [-0.2, -0.15) is 5.10 Å². The Labute approximate surface area is 201 Å². The predicted molar refractivity (Wildman–Crippen MR) is 129 cm³/mol. The van der Waals surface area contributed by atoms with Crippen LogP contribution in [0.4, 0.5) is 4.79 Å². The molecule has 1 heterocycles. The normalized spacial score (nSPS) is 30.5. The minimum atomic E-state index is -0.699. The number of rotatable bonds is 8. The molecule has 1 aromatic rings. The fourth-order valence-electron chi connectivity index (χ4n) is 6.22. The summed E-state index contributed by atoms with van der Waals surface area (Å²) < 4.78 is 7.55. The molecular weight excluding hydrogens is 434 g/mol. The van der Waals surface area contributed by atoms with Gasteiger partial charge in [-0.25, -0.2) is 9.48 Å². The number of hydrogen-bond donors (Lipinski definition) is 4. The van der Waals surface area contributed by atoms with Gasteiger partial charge < -0.3 is 26.2 Å². The molecule has 3 amide bonds. The quantitative estimate of drug-likeness (QED) is 0.461. The van der Waals surface area contributed by atoms with Crippen molar-refractivity contribution in [1.29, 1.82) is 0 Å². The van der Waals surface area contributed by atoms with Gasteiger partial charge in [-0.1, -0.05) is 13.8 Å². The van der Waals surface area contributed by atoms with Crippen molar-refractivity contribution >= 4 is 18.1 Å². The second-order valence-electron chi connectivity index (χ2n) is 11.4. The number of aliphatic hydroxyl groups is 1. The van der Waals surface area contributed by atoms with Crippen molar-refractivity contribution in [2.45, 2.75) is 77.5 Å². The number of carbonyl (C=O) groups is 2. The lowest BCUT2D eigenvalue weighted by Gasteiger charge is -2.31. The molecule has 34 heavy (non-hydrogen) atoms. The molecule has 4 rings (SSSR count). The third kappa shape index (κ3) is 5.40. The fraction of sp³-hybridized carbons (Fsp3) is 0.720. The van der Waals surface area contributed by atoms with Crippen LogP contribution in [0.25, 0.3) is 6.20 Å². The van der Waals surface area contributed by atoms with Crippen LogP contribution in [0.5, 0.6) is 5.88 Å². The Morgan fingerprint density at radius 1 is 1.26 bits per heavy atom. The zero-order chi connectivity index (χ0) is 24.6. The average molecular weight is 474 g/mol. The number of amides is 3. The van der Waals surface area contributed by atoms with Crippen molar-refractivity contribution in [3.63, 3.8) is 0 Å². The van der Waals surface area contributed by atoms with E-state index >= 15 is 0 Å². The van der Waals surface area contributed by atoms with E-state index in [9.17, 15) is 14.7 Å². The molecular formula is C25H39N5O4. The minimum Gasteiger partial charge on any atom is -0.477 e. The van der Waals surface area contributed by atoms with Crippen LogP contribution in [0.3, 0.4) is 0 Å². The predicted octanol–water partition coefficient (Wildman–Crippen LogP) is 2.75. The molecule has 1 aromatic heterocycles. The van der Waals surface area contributed by atoms with E-state index in [1.54, 1.807) is 12.3 Å². The van der Waals surface area contributed by atoms with E-state index in [0.717, 1.165) is 25.7 Å². The SMILES string of the molecule is CC(C)COc1c(C(=O)N[C@@H]2C3CC4CC(C3)C2C[C@@H](O)C4)cnn1/C=C/C(C)(C)NC(N)=O. The van der Waals surface area contributed by atoms with Crippen LogP contribution in [-0.2, 0) is 0 Å². The minimum absolute atomic E-state index is 0.0768. The Balaban J connectivity index is 1.54. The number of nitrogens with one attached hydrogen (secondary N) is 2. The molecule has 0 aromatic carbocycles. The van der Waals surface area contributed by atoms with Gasteiger partial charge in [-0.15, -0.1) is 0 Å². The molecule has 3 saturated carbocycles. The maximum absolute atomic E-state index is 13.5. The lowest BCUT2D eigenvalue weighted by molar-refractivity contribution is 0.0814. The van der Waals surface area contributed by atoms with Crippen molar-refractivity contribution in [3.8, 4) is 5.88 Å². The molecule has 0 saturated heterocycles. The van der Waals surface area contributed by atoms with Crippen LogP contribution in [-0.4, -0.2) is 51.1 Å². The Morgan fingerprint density at radius 2 is 2.00 bits per heavy atom.